The first-order valence-corrected chi connectivity index (χ1v) is 9.26. The van der Waals surface area contributed by atoms with Gasteiger partial charge in [-0.2, -0.15) is 0 Å². The predicted molar refractivity (Wildman–Crippen MR) is 103 cm³/mol. The maximum Gasteiger partial charge on any atom is 0.249 e. The lowest BCUT2D eigenvalue weighted by molar-refractivity contribution is -0.137. The number of amides is 2. The third kappa shape index (κ3) is 11.5. The molecule has 0 saturated heterocycles. The van der Waals surface area contributed by atoms with Crippen molar-refractivity contribution in [2.75, 3.05) is 39.5 Å². The standard InChI is InChI=1S/2C9H19NO4/c2*1-9(2,6-12)7(13)8(14)10-4-3-5-11/h2*7,11-13H,3-6H2,1-2H3,(H,10,14)/t2*7-/m11/s1. The van der Waals surface area contributed by atoms with Crippen LogP contribution >= 0.6 is 0 Å². The van der Waals surface area contributed by atoms with Crippen LogP contribution in [0.3, 0.4) is 0 Å². The molecule has 0 radical (unpaired) electrons. The lowest BCUT2D eigenvalue weighted by atomic mass is 9.87. The molecule has 10 heteroatoms. The molecule has 8 N–H and O–H groups in total. The van der Waals surface area contributed by atoms with Crippen molar-refractivity contribution in [1.82, 2.24) is 10.6 Å². The van der Waals surface area contributed by atoms with Crippen LogP contribution in [0.2, 0.25) is 0 Å². The van der Waals surface area contributed by atoms with Crippen LogP contribution in [0.15, 0.2) is 0 Å². The van der Waals surface area contributed by atoms with Gasteiger partial charge in [0.25, 0.3) is 0 Å². The van der Waals surface area contributed by atoms with Crippen molar-refractivity contribution in [3.63, 3.8) is 0 Å². The Balaban J connectivity index is 0. The van der Waals surface area contributed by atoms with Crippen LogP contribution in [0.5, 0.6) is 0 Å². The van der Waals surface area contributed by atoms with Crippen molar-refractivity contribution in [1.29, 1.82) is 0 Å². The van der Waals surface area contributed by atoms with E-state index in [0.717, 1.165) is 0 Å². The number of rotatable bonds is 12. The van der Waals surface area contributed by atoms with Crippen LogP contribution in [0, 0.1) is 10.8 Å². The summed E-state index contributed by atoms with van der Waals surface area (Å²) in [6, 6.07) is 0. The van der Waals surface area contributed by atoms with Crippen LogP contribution in [0.4, 0.5) is 0 Å². The smallest absolute Gasteiger partial charge is 0.249 e. The summed E-state index contributed by atoms with van der Waals surface area (Å²) >= 11 is 0. The Labute approximate surface area is 166 Å². The zero-order chi connectivity index (χ0) is 22.4. The second-order valence-corrected chi connectivity index (χ2v) is 7.83. The topological polar surface area (TPSA) is 180 Å². The van der Waals surface area contributed by atoms with Crippen LogP contribution in [-0.2, 0) is 9.59 Å². The first kappa shape index (κ1) is 28.9. The van der Waals surface area contributed by atoms with Gasteiger partial charge in [0, 0.05) is 37.1 Å². The lowest BCUT2D eigenvalue weighted by Gasteiger charge is -2.27. The molecule has 0 saturated carbocycles. The SMILES string of the molecule is CC(C)(CO)[C@H](O)C(=O)NCCCO.CC(C)(CO)[C@H](O)C(=O)NCCCO. The average Bonchev–Trinajstić information content (AvgIpc) is 2.67. The van der Waals surface area contributed by atoms with Crippen LogP contribution in [0.1, 0.15) is 40.5 Å². The molecule has 0 aliphatic rings. The Morgan fingerprint density at radius 2 is 1.00 bits per heavy atom. The normalized spacial score (nSPS) is 13.8. The molecular weight excluding hydrogens is 372 g/mol. The van der Waals surface area contributed by atoms with Crippen molar-refractivity contribution in [2.45, 2.75) is 52.7 Å². The first-order chi connectivity index (χ1) is 12.9. The van der Waals surface area contributed by atoms with Crippen molar-refractivity contribution >= 4 is 11.8 Å². The molecule has 0 spiro atoms. The highest BCUT2D eigenvalue weighted by Gasteiger charge is 2.33. The van der Waals surface area contributed by atoms with Gasteiger partial charge in [0.05, 0.1) is 13.2 Å². The molecule has 0 aromatic carbocycles. The number of hydrogen-bond donors (Lipinski definition) is 8. The number of hydrogen-bond acceptors (Lipinski definition) is 8. The molecular formula is C18H38N2O8. The average molecular weight is 411 g/mol. The highest BCUT2D eigenvalue weighted by molar-refractivity contribution is 5.81. The first-order valence-electron chi connectivity index (χ1n) is 9.26. The number of aliphatic hydroxyl groups is 6. The Morgan fingerprint density at radius 3 is 1.21 bits per heavy atom. The van der Waals surface area contributed by atoms with E-state index in [1.165, 1.54) is 0 Å². The molecule has 0 aliphatic heterocycles. The quantitative estimate of drug-likeness (QED) is 0.166. The fraction of sp³-hybridized carbons (Fsp3) is 0.889. The minimum absolute atomic E-state index is 0.000230. The Hall–Kier alpha value is -1.30. The molecule has 0 aromatic rings. The third-order valence-electron chi connectivity index (χ3n) is 4.06. The fourth-order valence-electron chi connectivity index (χ4n) is 1.66. The van der Waals surface area contributed by atoms with Crippen LogP contribution < -0.4 is 10.6 Å². The van der Waals surface area contributed by atoms with E-state index in [-0.39, 0.29) is 26.4 Å². The zero-order valence-corrected chi connectivity index (χ0v) is 17.3. The van der Waals surface area contributed by atoms with Crippen molar-refractivity contribution < 1.29 is 40.2 Å². The third-order valence-corrected chi connectivity index (χ3v) is 4.06. The summed E-state index contributed by atoms with van der Waals surface area (Å²) in [6.45, 7) is 6.53. The predicted octanol–water partition coefficient (Wildman–Crippen LogP) is -2.27. The fourth-order valence-corrected chi connectivity index (χ4v) is 1.66. The van der Waals surface area contributed by atoms with Gasteiger partial charge >= 0.3 is 0 Å². The van der Waals surface area contributed by atoms with E-state index in [1.807, 2.05) is 0 Å². The second-order valence-electron chi connectivity index (χ2n) is 7.83. The number of carbonyl (C=O) groups excluding carboxylic acids is 2. The minimum atomic E-state index is -1.23. The van der Waals surface area contributed by atoms with Crippen LogP contribution in [0.25, 0.3) is 0 Å². The van der Waals surface area contributed by atoms with Crippen molar-refractivity contribution in [3.05, 3.63) is 0 Å². The summed E-state index contributed by atoms with van der Waals surface area (Å²) in [5.74, 6) is -1.03. The van der Waals surface area contributed by atoms with Gasteiger partial charge in [0.2, 0.25) is 11.8 Å². The highest BCUT2D eigenvalue weighted by atomic mass is 16.3. The van der Waals surface area contributed by atoms with Crippen LogP contribution in [-0.4, -0.2) is 94.2 Å². The van der Waals surface area contributed by atoms with E-state index in [0.29, 0.717) is 25.9 Å². The van der Waals surface area contributed by atoms with Gasteiger partial charge < -0.3 is 41.3 Å². The number of carbonyl (C=O) groups is 2. The van der Waals surface area contributed by atoms with E-state index in [1.54, 1.807) is 27.7 Å². The van der Waals surface area contributed by atoms with Crippen molar-refractivity contribution in [3.8, 4) is 0 Å². The van der Waals surface area contributed by atoms with Gasteiger partial charge in [-0.25, -0.2) is 0 Å². The van der Waals surface area contributed by atoms with Gasteiger partial charge in [-0.1, -0.05) is 27.7 Å². The molecule has 0 rings (SSSR count). The molecule has 168 valence electrons. The van der Waals surface area contributed by atoms with Gasteiger partial charge in [-0.05, 0) is 12.8 Å². The number of aliphatic hydroxyl groups excluding tert-OH is 6. The van der Waals surface area contributed by atoms with E-state index >= 15 is 0 Å². The van der Waals surface area contributed by atoms with E-state index in [9.17, 15) is 19.8 Å². The van der Waals surface area contributed by atoms with Gasteiger partial charge in [0.1, 0.15) is 12.2 Å². The summed E-state index contributed by atoms with van der Waals surface area (Å²) < 4.78 is 0. The molecule has 0 unspecified atom stereocenters. The van der Waals surface area contributed by atoms with E-state index in [4.69, 9.17) is 20.4 Å². The molecule has 10 nitrogen and oxygen atoms in total. The molecule has 0 aliphatic carbocycles. The molecule has 2 atom stereocenters. The lowest BCUT2D eigenvalue weighted by Crippen LogP contribution is -2.45. The summed E-state index contributed by atoms with van der Waals surface area (Å²) in [5.41, 5.74) is -1.69. The Morgan fingerprint density at radius 1 is 0.714 bits per heavy atom. The molecule has 28 heavy (non-hydrogen) atoms. The monoisotopic (exact) mass is 410 g/mol. The van der Waals surface area contributed by atoms with E-state index in [2.05, 4.69) is 10.6 Å². The summed E-state index contributed by atoms with van der Waals surface area (Å²) in [5, 5.41) is 58.7. The highest BCUT2D eigenvalue weighted by Crippen LogP contribution is 2.20. The molecule has 0 fully saturated rings. The molecule has 2 amide bonds. The second kappa shape index (κ2) is 14.7. The van der Waals surface area contributed by atoms with Gasteiger partial charge in [-0.3, -0.25) is 9.59 Å². The molecule has 0 aromatic heterocycles. The van der Waals surface area contributed by atoms with Gasteiger partial charge in [0.15, 0.2) is 0 Å². The Bertz CT molecular complexity index is 403. The maximum atomic E-state index is 11.3. The van der Waals surface area contributed by atoms with Gasteiger partial charge in [-0.15, -0.1) is 0 Å². The van der Waals surface area contributed by atoms with E-state index < -0.39 is 34.9 Å². The number of nitrogens with one attached hydrogen (secondary N) is 2. The molecule has 0 heterocycles. The summed E-state index contributed by atoms with van der Waals surface area (Å²) in [7, 11) is 0. The molecule has 0 bridgehead atoms. The zero-order valence-electron chi connectivity index (χ0n) is 17.3. The Kier molecular flexibility index (Phi) is 15.1. The van der Waals surface area contributed by atoms with Crippen molar-refractivity contribution in [2.24, 2.45) is 10.8 Å². The maximum absolute atomic E-state index is 11.3. The largest absolute Gasteiger partial charge is 0.396 e. The summed E-state index contributed by atoms with van der Waals surface area (Å²) in [4.78, 5) is 22.5. The summed E-state index contributed by atoms with van der Waals surface area (Å²) in [6.07, 6.45) is -1.55. The minimum Gasteiger partial charge on any atom is -0.396 e.